The summed E-state index contributed by atoms with van der Waals surface area (Å²) in [5.41, 5.74) is 4.41. The number of aryl methyl sites for hydroxylation is 2. The van der Waals surface area contributed by atoms with Crippen molar-refractivity contribution >= 4 is 15.9 Å². The van der Waals surface area contributed by atoms with Gasteiger partial charge in [-0.2, -0.15) is 5.10 Å². The topological polar surface area (TPSA) is 29.9 Å². The van der Waals surface area contributed by atoms with Crippen LogP contribution in [0.25, 0.3) is 5.69 Å². The van der Waals surface area contributed by atoms with Crippen LogP contribution in [0.1, 0.15) is 42.4 Å². The molecule has 1 unspecified atom stereocenters. The predicted octanol–water partition coefficient (Wildman–Crippen LogP) is 4.37. The van der Waals surface area contributed by atoms with Crippen LogP contribution in [0.2, 0.25) is 0 Å². The van der Waals surface area contributed by atoms with Gasteiger partial charge in [0, 0.05) is 6.04 Å². The molecule has 0 radical (unpaired) electrons. The van der Waals surface area contributed by atoms with E-state index >= 15 is 0 Å². The Morgan fingerprint density at radius 2 is 2.00 bits per heavy atom. The van der Waals surface area contributed by atoms with Crippen molar-refractivity contribution in [3.63, 3.8) is 0 Å². The molecule has 5 heteroatoms. The first kappa shape index (κ1) is 16.2. The molecular formula is C16H21BrFN3. The number of halogens is 2. The Hall–Kier alpha value is -1.20. The highest BCUT2D eigenvalue weighted by atomic mass is 79.9. The van der Waals surface area contributed by atoms with Gasteiger partial charge in [0.15, 0.2) is 0 Å². The molecule has 0 bridgehead atoms. The fourth-order valence-electron chi connectivity index (χ4n) is 2.49. The first-order valence-corrected chi connectivity index (χ1v) is 7.91. The molecule has 1 aromatic heterocycles. The lowest BCUT2D eigenvalue weighted by Gasteiger charge is -2.19. The van der Waals surface area contributed by atoms with Crippen LogP contribution in [0, 0.1) is 26.6 Å². The SMILES string of the molecule is CCNC(C)c1cc(F)c(C)cc1-n1nc(C)c(Br)c1C. The van der Waals surface area contributed by atoms with Crippen molar-refractivity contribution in [3.8, 4) is 5.69 Å². The molecule has 1 atom stereocenters. The van der Waals surface area contributed by atoms with E-state index in [0.29, 0.717) is 5.56 Å². The van der Waals surface area contributed by atoms with Gasteiger partial charge in [0.1, 0.15) is 5.82 Å². The van der Waals surface area contributed by atoms with Crippen molar-refractivity contribution in [2.24, 2.45) is 0 Å². The molecule has 1 N–H and O–H groups in total. The summed E-state index contributed by atoms with van der Waals surface area (Å²) in [5.74, 6) is -0.181. The Balaban J connectivity index is 2.66. The summed E-state index contributed by atoms with van der Waals surface area (Å²) in [6.07, 6.45) is 0. The minimum absolute atomic E-state index is 0.0581. The summed E-state index contributed by atoms with van der Waals surface area (Å²) in [7, 11) is 0. The maximum Gasteiger partial charge on any atom is 0.126 e. The minimum Gasteiger partial charge on any atom is -0.310 e. The number of rotatable bonds is 4. The van der Waals surface area contributed by atoms with E-state index in [1.54, 1.807) is 13.0 Å². The molecule has 114 valence electrons. The van der Waals surface area contributed by atoms with E-state index in [1.807, 2.05) is 38.4 Å². The Morgan fingerprint density at radius 1 is 1.33 bits per heavy atom. The van der Waals surface area contributed by atoms with Gasteiger partial charge in [-0.25, -0.2) is 9.07 Å². The van der Waals surface area contributed by atoms with Crippen LogP contribution in [-0.4, -0.2) is 16.3 Å². The number of aromatic nitrogens is 2. The summed E-state index contributed by atoms with van der Waals surface area (Å²) in [6.45, 7) is 10.7. The lowest BCUT2D eigenvalue weighted by molar-refractivity contribution is 0.574. The Bertz CT molecular complexity index is 664. The highest BCUT2D eigenvalue weighted by Crippen LogP contribution is 2.29. The van der Waals surface area contributed by atoms with Crippen LogP contribution >= 0.6 is 15.9 Å². The lowest BCUT2D eigenvalue weighted by Crippen LogP contribution is -2.20. The molecule has 0 aliphatic rings. The van der Waals surface area contributed by atoms with Crippen LogP contribution in [0.5, 0.6) is 0 Å². The molecule has 2 aromatic rings. The van der Waals surface area contributed by atoms with E-state index < -0.39 is 0 Å². The maximum absolute atomic E-state index is 14.0. The van der Waals surface area contributed by atoms with Crippen molar-refractivity contribution in [3.05, 3.63) is 44.9 Å². The predicted molar refractivity (Wildman–Crippen MR) is 87.5 cm³/mol. The van der Waals surface area contributed by atoms with Crippen molar-refractivity contribution in [1.82, 2.24) is 15.1 Å². The summed E-state index contributed by atoms with van der Waals surface area (Å²) in [5, 5.41) is 7.91. The van der Waals surface area contributed by atoms with Crippen LogP contribution in [0.4, 0.5) is 4.39 Å². The van der Waals surface area contributed by atoms with Crippen LogP contribution < -0.4 is 5.32 Å². The largest absolute Gasteiger partial charge is 0.310 e. The van der Waals surface area contributed by atoms with Crippen molar-refractivity contribution < 1.29 is 4.39 Å². The molecule has 21 heavy (non-hydrogen) atoms. The number of hydrogen-bond acceptors (Lipinski definition) is 2. The monoisotopic (exact) mass is 353 g/mol. The third-order valence-corrected chi connectivity index (χ3v) is 4.86. The molecule has 3 nitrogen and oxygen atoms in total. The number of hydrogen-bond donors (Lipinski definition) is 1. The average molecular weight is 354 g/mol. The Labute approximate surface area is 133 Å². The van der Waals surface area contributed by atoms with Crippen LogP contribution in [0.3, 0.4) is 0 Å². The molecule has 0 saturated heterocycles. The standard InChI is InChI=1S/C16H21BrFN3/c1-6-19-10(3)13-8-14(18)9(2)7-15(13)21-12(5)16(17)11(4)20-21/h7-8,10,19H,6H2,1-5H3. The normalized spacial score (nSPS) is 12.7. The third-order valence-electron chi connectivity index (χ3n) is 3.72. The summed E-state index contributed by atoms with van der Waals surface area (Å²) in [4.78, 5) is 0. The van der Waals surface area contributed by atoms with Crippen molar-refractivity contribution in [2.75, 3.05) is 6.54 Å². The molecule has 0 aliphatic heterocycles. The van der Waals surface area contributed by atoms with Crippen LogP contribution in [-0.2, 0) is 0 Å². The van der Waals surface area contributed by atoms with Crippen molar-refractivity contribution in [1.29, 1.82) is 0 Å². The minimum atomic E-state index is -0.181. The molecule has 0 fully saturated rings. The van der Waals surface area contributed by atoms with Gasteiger partial charge in [-0.05, 0) is 73.4 Å². The molecule has 0 amide bonds. The van der Waals surface area contributed by atoms with E-state index in [1.165, 1.54) is 0 Å². The van der Waals surface area contributed by atoms with E-state index in [9.17, 15) is 4.39 Å². The van der Waals surface area contributed by atoms with Gasteiger partial charge >= 0.3 is 0 Å². The Kier molecular flexibility index (Phi) is 4.84. The second kappa shape index (κ2) is 6.28. The molecular weight excluding hydrogens is 333 g/mol. The zero-order valence-corrected chi connectivity index (χ0v) is 14.7. The first-order chi connectivity index (χ1) is 9.86. The first-order valence-electron chi connectivity index (χ1n) is 7.12. The van der Waals surface area contributed by atoms with Gasteiger partial charge in [-0.3, -0.25) is 0 Å². The third kappa shape index (κ3) is 3.04. The number of benzene rings is 1. The van der Waals surface area contributed by atoms with E-state index in [-0.39, 0.29) is 11.9 Å². The van der Waals surface area contributed by atoms with Gasteiger partial charge in [0.2, 0.25) is 0 Å². The van der Waals surface area contributed by atoms with Gasteiger partial charge in [-0.15, -0.1) is 0 Å². The number of nitrogens with one attached hydrogen (secondary N) is 1. The van der Waals surface area contributed by atoms with Crippen LogP contribution in [0.15, 0.2) is 16.6 Å². The van der Waals surface area contributed by atoms with E-state index in [0.717, 1.165) is 33.7 Å². The van der Waals surface area contributed by atoms with E-state index in [2.05, 4.69) is 26.3 Å². The summed E-state index contributed by atoms with van der Waals surface area (Å²) in [6, 6.07) is 3.54. The number of nitrogens with zero attached hydrogens (tertiary/aromatic N) is 2. The van der Waals surface area contributed by atoms with Gasteiger partial charge in [0.05, 0.1) is 21.5 Å². The molecule has 1 heterocycles. The zero-order chi connectivity index (χ0) is 15.7. The van der Waals surface area contributed by atoms with Gasteiger partial charge < -0.3 is 5.32 Å². The molecule has 2 rings (SSSR count). The molecule has 0 saturated carbocycles. The Morgan fingerprint density at radius 3 is 2.52 bits per heavy atom. The zero-order valence-electron chi connectivity index (χ0n) is 13.1. The average Bonchev–Trinajstić information content (AvgIpc) is 2.69. The molecule has 0 spiro atoms. The maximum atomic E-state index is 14.0. The second-order valence-electron chi connectivity index (χ2n) is 5.34. The highest BCUT2D eigenvalue weighted by Gasteiger charge is 2.18. The summed E-state index contributed by atoms with van der Waals surface area (Å²) < 4.78 is 16.9. The fraction of sp³-hybridized carbons (Fsp3) is 0.438. The molecule has 1 aromatic carbocycles. The second-order valence-corrected chi connectivity index (χ2v) is 6.13. The quantitative estimate of drug-likeness (QED) is 0.884. The summed E-state index contributed by atoms with van der Waals surface area (Å²) >= 11 is 3.55. The van der Waals surface area contributed by atoms with E-state index in [4.69, 9.17) is 0 Å². The fourth-order valence-corrected chi connectivity index (χ4v) is 2.73. The van der Waals surface area contributed by atoms with Gasteiger partial charge in [0.25, 0.3) is 0 Å². The van der Waals surface area contributed by atoms with Crippen molar-refractivity contribution in [2.45, 2.75) is 40.7 Å². The van der Waals surface area contributed by atoms with Gasteiger partial charge in [-0.1, -0.05) is 6.92 Å². The smallest absolute Gasteiger partial charge is 0.126 e. The molecule has 0 aliphatic carbocycles. The highest BCUT2D eigenvalue weighted by molar-refractivity contribution is 9.10. The lowest BCUT2D eigenvalue weighted by atomic mass is 10.0.